The lowest BCUT2D eigenvalue weighted by atomic mass is 9.96. The van der Waals surface area contributed by atoms with Crippen LogP contribution in [0.5, 0.6) is 0 Å². The molecule has 4 aromatic heterocycles. The highest BCUT2D eigenvalue weighted by Crippen LogP contribution is 2.38. The molecule has 0 atom stereocenters. The van der Waals surface area contributed by atoms with E-state index in [9.17, 15) is 0 Å². The van der Waals surface area contributed by atoms with E-state index in [0.29, 0.717) is 0 Å². The van der Waals surface area contributed by atoms with E-state index in [1.54, 1.807) is 24.8 Å². The molecule has 8 heteroatoms. The van der Waals surface area contributed by atoms with Crippen LogP contribution in [0.1, 0.15) is 38.3 Å². The molecule has 0 aliphatic rings. The van der Waals surface area contributed by atoms with Crippen molar-refractivity contribution in [2.45, 2.75) is 33.1 Å². The summed E-state index contributed by atoms with van der Waals surface area (Å²) in [6, 6.07) is 13.1. The summed E-state index contributed by atoms with van der Waals surface area (Å²) in [5.74, 6) is 2.18. The topological polar surface area (TPSA) is 109 Å². The summed E-state index contributed by atoms with van der Waals surface area (Å²) in [4.78, 5) is 35.6. The standard InChI is InChI=1S/C31H24N8/c1-4-22-36-25-18-7-5-16(13-20(18)23-27(29(25)37-22)34-11-9-32-23)17-6-8-19-21(14-17)24-28(35-12-10-33-24)30-26(19)38-31(39-30)15(2)3/h5-15H,4H2,1-3H3,(H,36,37)(H,38,39). The van der Waals surface area contributed by atoms with Gasteiger partial charge in [-0.3, -0.25) is 19.9 Å². The fourth-order valence-electron chi connectivity index (χ4n) is 5.68. The highest BCUT2D eigenvalue weighted by molar-refractivity contribution is 6.23. The van der Waals surface area contributed by atoms with Gasteiger partial charge in [0.15, 0.2) is 0 Å². The number of nitrogens with one attached hydrogen (secondary N) is 2. The first-order chi connectivity index (χ1) is 19.1. The van der Waals surface area contributed by atoms with E-state index in [-0.39, 0.29) is 5.92 Å². The fraction of sp³-hybridized carbons (Fsp3) is 0.161. The van der Waals surface area contributed by atoms with Gasteiger partial charge in [-0.1, -0.05) is 45.0 Å². The van der Waals surface area contributed by atoms with Crippen LogP contribution in [0.3, 0.4) is 0 Å². The molecule has 39 heavy (non-hydrogen) atoms. The van der Waals surface area contributed by atoms with Crippen molar-refractivity contribution < 1.29 is 0 Å². The van der Waals surface area contributed by atoms with Gasteiger partial charge in [-0.25, -0.2) is 9.97 Å². The molecule has 2 N–H and O–H groups in total. The van der Waals surface area contributed by atoms with Crippen molar-refractivity contribution in [1.82, 2.24) is 39.9 Å². The van der Waals surface area contributed by atoms with E-state index in [1.165, 1.54) is 0 Å². The van der Waals surface area contributed by atoms with Gasteiger partial charge in [0, 0.05) is 58.7 Å². The van der Waals surface area contributed by atoms with Crippen molar-refractivity contribution in [2.75, 3.05) is 0 Å². The lowest BCUT2D eigenvalue weighted by Crippen LogP contribution is -1.90. The van der Waals surface area contributed by atoms with E-state index < -0.39 is 0 Å². The minimum atomic E-state index is 0.281. The summed E-state index contributed by atoms with van der Waals surface area (Å²) in [5, 5.41) is 4.27. The minimum absolute atomic E-state index is 0.281. The average Bonchev–Trinajstić information content (AvgIpc) is 3.63. The number of aryl methyl sites for hydroxylation is 1. The molecule has 8 aromatic rings. The Morgan fingerprint density at radius 2 is 1.10 bits per heavy atom. The Bertz CT molecular complexity index is 2260. The SMILES string of the molecule is CCc1nc2c3nccnc3c3cc(-c4ccc5c(c4)c4nccnc4c4nc(C(C)C)[nH]c54)ccc3c2[nH]1. The zero-order chi connectivity index (χ0) is 26.2. The van der Waals surface area contributed by atoms with Gasteiger partial charge in [0.1, 0.15) is 33.7 Å². The maximum absolute atomic E-state index is 4.89. The molecular weight excluding hydrogens is 484 g/mol. The molecule has 0 radical (unpaired) electrons. The average molecular weight is 509 g/mol. The Morgan fingerprint density at radius 3 is 1.64 bits per heavy atom. The molecule has 0 saturated heterocycles. The molecule has 0 spiro atoms. The van der Waals surface area contributed by atoms with E-state index in [0.717, 1.165) is 94.9 Å². The molecule has 8 nitrogen and oxygen atoms in total. The third-order valence-corrected chi connectivity index (χ3v) is 7.62. The van der Waals surface area contributed by atoms with Crippen LogP contribution in [-0.2, 0) is 6.42 Å². The Hall–Kier alpha value is -4.98. The molecule has 0 aliphatic carbocycles. The van der Waals surface area contributed by atoms with Crippen molar-refractivity contribution in [3.05, 3.63) is 72.8 Å². The Morgan fingerprint density at radius 1 is 0.590 bits per heavy atom. The van der Waals surface area contributed by atoms with Gasteiger partial charge in [-0.15, -0.1) is 0 Å². The van der Waals surface area contributed by atoms with Crippen LogP contribution in [0.15, 0.2) is 61.2 Å². The summed E-state index contributed by atoms with van der Waals surface area (Å²) in [5.41, 5.74) is 9.27. The normalized spacial score (nSPS) is 12.3. The van der Waals surface area contributed by atoms with E-state index in [1.807, 2.05) is 0 Å². The maximum atomic E-state index is 4.89. The number of fused-ring (bicyclic) bond motifs is 12. The lowest BCUT2D eigenvalue weighted by molar-refractivity contribution is 0.799. The first-order valence-electron chi connectivity index (χ1n) is 13.2. The van der Waals surface area contributed by atoms with Gasteiger partial charge in [0.2, 0.25) is 0 Å². The molecule has 0 saturated carbocycles. The quantitative estimate of drug-likeness (QED) is 0.249. The van der Waals surface area contributed by atoms with E-state index in [2.05, 4.69) is 77.1 Å². The van der Waals surface area contributed by atoms with Crippen LogP contribution in [0.25, 0.3) is 76.8 Å². The molecule has 4 heterocycles. The highest BCUT2D eigenvalue weighted by Gasteiger charge is 2.18. The summed E-state index contributed by atoms with van der Waals surface area (Å²) < 4.78 is 0. The van der Waals surface area contributed by atoms with Crippen molar-refractivity contribution in [3.63, 3.8) is 0 Å². The first-order valence-corrected chi connectivity index (χ1v) is 13.2. The molecule has 4 aromatic carbocycles. The lowest BCUT2D eigenvalue weighted by Gasteiger charge is -2.10. The minimum Gasteiger partial charge on any atom is -0.341 e. The molecule has 0 unspecified atom stereocenters. The molecule has 8 rings (SSSR count). The number of rotatable bonds is 3. The third-order valence-electron chi connectivity index (χ3n) is 7.62. The van der Waals surface area contributed by atoms with Crippen LogP contribution in [-0.4, -0.2) is 39.9 Å². The molecule has 0 amide bonds. The van der Waals surface area contributed by atoms with Crippen LogP contribution in [0.4, 0.5) is 0 Å². The van der Waals surface area contributed by atoms with Crippen molar-refractivity contribution in [1.29, 1.82) is 0 Å². The first kappa shape index (κ1) is 22.0. The second kappa shape index (κ2) is 8.01. The second-order valence-corrected chi connectivity index (χ2v) is 10.3. The zero-order valence-corrected chi connectivity index (χ0v) is 21.7. The van der Waals surface area contributed by atoms with E-state index >= 15 is 0 Å². The Labute approximate surface area is 222 Å². The molecule has 0 bridgehead atoms. The highest BCUT2D eigenvalue weighted by atomic mass is 15.0. The predicted octanol–water partition coefficient (Wildman–Crippen LogP) is 6.98. The number of hydrogen-bond donors (Lipinski definition) is 2. The number of aromatic amines is 2. The van der Waals surface area contributed by atoms with E-state index in [4.69, 9.17) is 19.9 Å². The van der Waals surface area contributed by atoms with Gasteiger partial charge >= 0.3 is 0 Å². The van der Waals surface area contributed by atoms with Crippen molar-refractivity contribution in [2.24, 2.45) is 0 Å². The largest absolute Gasteiger partial charge is 0.341 e. The van der Waals surface area contributed by atoms with Gasteiger partial charge in [0.05, 0.1) is 22.1 Å². The molecular formula is C31H24N8. The number of H-pyrrole nitrogens is 2. The zero-order valence-electron chi connectivity index (χ0n) is 21.7. The third kappa shape index (κ3) is 3.11. The van der Waals surface area contributed by atoms with Crippen LogP contribution < -0.4 is 0 Å². The van der Waals surface area contributed by atoms with Crippen molar-refractivity contribution >= 4 is 65.7 Å². The summed E-state index contributed by atoms with van der Waals surface area (Å²) in [6.45, 7) is 6.37. The van der Waals surface area contributed by atoms with Gasteiger partial charge in [0.25, 0.3) is 0 Å². The predicted molar refractivity (Wildman–Crippen MR) is 156 cm³/mol. The number of benzene rings is 4. The van der Waals surface area contributed by atoms with Gasteiger partial charge in [-0.05, 0) is 23.3 Å². The number of hydrogen-bond acceptors (Lipinski definition) is 6. The maximum Gasteiger partial charge on any atom is 0.117 e. The van der Waals surface area contributed by atoms with Crippen molar-refractivity contribution in [3.8, 4) is 11.1 Å². The number of nitrogens with zero attached hydrogens (tertiary/aromatic N) is 6. The Balaban J connectivity index is 1.41. The smallest absolute Gasteiger partial charge is 0.117 e. The van der Waals surface area contributed by atoms with Crippen LogP contribution in [0, 0.1) is 0 Å². The number of aromatic nitrogens is 8. The monoisotopic (exact) mass is 508 g/mol. The number of imidazole rings is 2. The van der Waals surface area contributed by atoms with Crippen LogP contribution in [0.2, 0.25) is 0 Å². The molecule has 0 fully saturated rings. The molecule has 188 valence electrons. The fourth-order valence-corrected chi connectivity index (χ4v) is 5.68. The summed E-state index contributed by atoms with van der Waals surface area (Å²) >= 11 is 0. The van der Waals surface area contributed by atoms with Gasteiger partial charge in [-0.2, -0.15) is 0 Å². The van der Waals surface area contributed by atoms with Crippen LogP contribution >= 0.6 is 0 Å². The molecule has 0 aliphatic heterocycles. The second-order valence-electron chi connectivity index (χ2n) is 10.3. The summed E-state index contributed by atoms with van der Waals surface area (Å²) in [7, 11) is 0. The van der Waals surface area contributed by atoms with Gasteiger partial charge < -0.3 is 9.97 Å². The Kier molecular flexibility index (Phi) is 4.53. The summed E-state index contributed by atoms with van der Waals surface area (Å²) in [6.07, 6.45) is 7.78.